The van der Waals surface area contributed by atoms with Crippen molar-refractivity contribution in [2.45, 2.75) is 10.8 Å². The highest BCUT2D eigenvalue weighted by molar-refractivity contribution is 7.98. The third-order valence-corrected chi connectivity index (χ3v) is 4.29. The van der Waals surface area contributed by atoms with Crippen molar-refractivity contribution >= 4 is 28.5 Å². The normalized spacial score (nSPS) is 10.7. The van der Waals surface area contributed by atoms with Gasteiger partial charge in [-0.05, 0) is 29.1 Å². The van der Waals surface area contributed by atoms with Crippen LogP contribution in [0.5, 0.6) is 0 Å². The SMILES string of the molecule is O=C(O)c1ccc(CSc2nccc3ccccc23)cc1. The molecule has 104 valence electrons. The summed E-state index contributed by atoms with van der Waals surface area (Å²) in [6, 6.07) is 17.1. The number of thioether (sulfide) groups is 1. The van der Waals surface area contributed by atoms with Gasteiger partial charge in [0.15, 0.2) is 0 Å². The molecule has 3 rings (SSSR count). The maximum atomic E-state index is 10.8. The van der Waals surface area contributed by atoms with Crippen molar-refractivity contribution < 1.29 is 9.90 Å². The number of fused-ring (bicyclic) bond motifs is 1. The molecule has 0 fully saturated rings. The molecule has 0 aliphatic rings. The van der Waals surface area contributed by atoms with Gasteiger partial charge in [-0.15, -0.1) is 11.8 Å². The molecule has 0 spiro atoms. The topological polar surface area (TPSA) is 50.2 Å². The molecule has 0 aliphatic carbocycles. The number of benzene rings is 2. The molecule has 0 atom stereocenters. The quantitative estimate of drug-likeness (QED) is 0.732. The van der Waals surface area contributed by atoms with E-state index in [9.17, 15) is 4.79 Å². The Kier molecular flexibility index (Phi) is 3.88. The van der Waals surface area contributed by atoms with Gasteiger partial charge in [0, 0.05) is 17.3 Å². The molecule has 2 aromatic carbocycles. The van der Waals surface area contributed by atoms with E-state index in [2.05, 4.69) is 17.1 Å². The summed E-state index contributed by atoms with van der Waals surface area (Å²) in [5.41, 5.74) is 1.40. The van der Waals surface area contributed by atoms with Crippen molar-refractivity contribution in [3.05, 3.63) is 71.9 Å². The van der Waals surface area contributed by atoms with Crippen LogP contribution in [0.1, 0.15) is 15.9 Å². The maximum absolute atomic E-state index is 10.8. The number of carbonyl (C=O) groups is 1. The lowest BCUT2D eigenvalue weighted by atomic mass is 10.1. The molecule has 21 heavy (non-hydrogen) atoms. The van der Waals surface area contributed by atoms with Crippen LogP contribution in [0.3, 0.4) is 0 Å². The second-order valence-corrected chi connectivity index (χ2v) is 5.59. The predicted octanol–water partition coefficient (Wildman–Crippen LogP) is 4.23. The lowest BCUT2D eigenvalue weighted by Gasteiger charge is -2.05. The Morgan fingerprint density at radius 1 is 1.05 bits per heavy atom. The number of aromatic carboxylic acids is 1. The van der Waals surface area contributed by atoms with E-state index >= 15 is 0 Å². The fourth-order valence-corrected chi connectivity index (χ4v) is 3.07. The fraction of sp³-hybridized carbons (Fsp3) is 0.0588. The van der Waals surface area contributed by atoms with Crippen LogP contribution in [0.4, 0.5) is 0 Å². The van der Waals surface area contributed by atoms with Crippen molar-refractivity contribution in [1.82, 2.24) is 4.98 Å². The summed E-state index contributed by atoms with van der Waals surface area (Å²) in [6.07, 6.45) is 1.82. The smallest absolute Gasteiger partial charge is 0.335 e. The summed E-state index contributed by atoms with van der Waals surface area (Å²) < 4.78 is 0. The number of hydrogen-bond acceptors (Lipinski definition) is 3. The molecule has 0 bridgehead atoms. The zero-order chi connectivity index (χ0) is 14.7. The van der Waals surface area contributed by atoms with Crippen LogP contribution in [0, 0.1) is 0 Å². The van der Waals surface area contributed by atoms with Crippen LogP contribution in [-0.2, 0) is 5.75 Å². The Labute approximate surface area is 126 Å². The molecule has 1 heterocycles. The first-order chi connectivity index (χ1) is 10.2. The number of nitrogens with zero attached hydrogens (tertiary/aromatic N) is 1. The lowest BCUT2D eigenvalue weighted by Crippen LogP contribution is -1.95. The van der Waals surface area contributed by atoms with E-state index in [4.69, 9.17) is 5.11 Å². The van der Waals surface area contributed by atoms with Gasteiger partial charge in [0.05, 0.1) is 5.56 Å². The number of rotatable bonds is 4. The summed E-state index contributed by atoms with van der Waals surface area (Å²) in [6.45, 7) is 0. The largest absolute Gasteiger partial charge is 0.478 e. The second kappa shape index (κ2) is 5.97. The highest BCUT2D eigenvalue weighted by atomic mass is 32.2. The molecule has 0 unspecified atom stereocenters. The zero-order valence-electron chi connectivity index (χ0n) is 11.2. The molecule has 1 aromatic heterocycles. The minimum absolute atomic E-state index is 0.312. The van der Waals surface area contributed by atoms with Gasteiger partial charge < -0.3 is 5.11 Å². The van der Waals surface area contributed by atoms with Crippen molar-refractivity contribution in [3.63, 3.8) is 0 Å². The second-order valence-electron chi connectivity index (χ2n) is 4.63. The predicted molar refractivity (Wildman–Crippen MR) is 84.7 cm³/mol. The van der Waals surface area contributed by atoms with E-state index in [1.54, 1.807) is 23.9 Å². The standard InChI is InChI=1S/C17H13NO2S/c19-17(20)14-7-5-12(6-8-14)11-21-16-15-4-2-1-3-13(15)9-10-18-16/h1-10H,11H2,(H,19,20). The van der Waals surface area contributed by atoms with Gasteiger partial charge in [-0.1, -0.05) is 36.4 Å². The third-order valence-electron chi connectivity index (χ3n) is 3.21. The van der Waals surface area contributed by atoms with Crippen LogP contribution in [0.15, 0.2) is 65.8 Å². The van der Waals surface area contributed by atoms with Crippen molar-refractivity contribution in [2.24, 2.45) is 0 Å². The fourth-order valence-electron chi connectivity index (χ4n) is 2.10. The summed E-state index contributed by atoms with van der Waals surface area (Å²) in [5.74, 6) is -0.133. The Balaban J connectivity index is 1.79. The Hall–Kier alpha value is -2.33. The van der Waals surface area contributed by atoms with E-state index in [0.717, 1.165) is 21.7 Å². The van der Waals surface area contributed by atoms with Crippen LogP contribution in [0.25, 0.3) is 10.8 Å². The van der Waals surface area contributed by atoms with Crippen molar-refractivity contribution in [2.75, 3.05) is 0 Å². The first-order valence-corrected chi connectivity index (χ1v) is 7.51. The first-order valence-electron chi connectivity index (χ1n) is 6.53. The molecule has 0 aliphatic heterocycles. The summed E-state index contributed by atoms with van der Waals surface area (Å²) >= 11 is 1.66. The molecule has 3 aromatic rings. The van der Waals surface area contributed by atoms with Gasteiger partial charge >= 0.3 is 5.97 Å². The molecular formula is C17H13NO2S. The van der Waals surface area contributed by atoms with Gasteiger partial charge in [0.2, 0.25) is 0 Å². The molecule has 3 nitrogen and oxygen atoms in total. The number of pyridine rings is 1. The molecule has 4 heteroatoms. The minimum Gasteiger partial charge on any atom is -0.478 e. The van der Waals surface area contributed by atoms with E-state index in [-0.39, 0.29) is 0 Å². The van der Waals surface area contributed by atoms with Crippen LogP contribution in [0.2, 0.25) is 0 Å². The number of carboxylic acids is 1. The maximum Gasteiger partial charge on any atom is 0.335 e. The van der Waals surface area contributed by atoms with E-state index < -0.39 is 5.97 Å². The highest BCUT2D eigenvalue weighted by Crippen LogP contribution is 2.28. The van der Waals surface area contributed by atoms with Crippen LogP contribution >= 0.6 is 11.8 Å². The highest BCUT2D eigenvalue weighted by Gasteiger charge is 2.05. The van der Waals surface area contributed by atoms with Crippen LogP contribution in [-0.4, -0.2) is 16.1 Å². The molecule has 1 N–H and O–H groups in total. The molecular weight excluding hydrogens is 282 g/mol. The average molecular weight is 295 g/mol. The molecule has 0 radical (unpaired) electrons. The van der Waals surface area contributed by atoms with Crippen LogP contribution < -0.4 is 0 Å². The number of carboxylic acid groups (broad SMARTS) is 1. The number of hydrogen-bond donors (Lipinski definition) is 1. The molecule has 0 amide bonds. The molecule has 0 saturated carbocycles. The monoisotopic (exact) mass is 295 g/mol. The first kappa shape index (κ1) is 13.6. The summed E-state index contributed by atoms with van der Waals surface area (Å²) in [5, 5.41) is 12.2. The van der Waals surface area contributed by atoms with E-state index in [0.29, 0.717) is 5.56 Å². The van der Waals surface area contributed by atoms with Gasteiger partial charge in [0.25, 0.3) is 0 Å². The lowest BCUT2D eigenvalue weighted by molar-refractivity contribution is 0.0697. The summed E-state index contributed by atoms with van der Waals surface area (Å²) in [7, 11) is 0. The van der Waals surface area contributed by atoms with Gasteiger partial charge in [-0.3, -0.25) is 0 Å². The van der Waals surface area contributed by atoms with E-state index in [1.165, 1.54) is 5.39 Å². The Morgan fingerprint density at radius 2 is 1.81 bits per heavy atom. The minimum atomic E-state index is -0.898. The average Bonchev–Trinajstić information content (AvgIpc) is 2.53. The summed E-state index contributed by atoms with van der Waals surface area (Å²) in [4.78, 5) is 15.3. The van der Waals surface area contributed by atoms with Gasteiger partial charge in [0.1, 0.15) is 5.03 Å². The Bertz CT molecular complexity index is 779. The van der Waals surface area contributed by atoms with Crippen molar-refractivity contribution in [3.8, 4) is 0 Å². The third kappa shape index (κ3) is 3.06. The molecule has 0 saturated heterocycles. The van der Waals surface area contributed by atoms with Gasteiger partial charge in [-0.2, -0.15) is 0 Å². The zero-order valence-corrected chi connectivity index (χ0v) is 12.0. The number of aromatic nitrogens is 1. The van der Waals surface area contributed by atoms with Gasteiger partial charge in [-0.25, -0.2) is 9.78 Å². The van der Waals surface area contributed by atoms with Crippen molar-refractivity contribution in [1.29, 1.82) is 0 Å². The Morgan fingerprint density at radius 3 is 2.57 bits per heavy atom. The van der Waals surface area contributed by atoms with E-state index in [1.807, 2.05) is 36.5 Å².